The Hall–Kier alpha value is -2.18. The van der Waals surface area contributed by atoms with E-state index in [1.165, 1.54) is 0 Å². The minimum Gasteiger partial charge on any atom is -0.322 e. The van der Waals surface area contributed by atoms with Gasteiger partial charge in [0.25, 0.3) is 5.91 Å². The molecule has 6 heteroatoms. The predicted octanol–water partition coefficient (Wildman–Crippen LogP) is 3.67. The van der Waals surface area contributed by atoms with Crippen molar-refractivity contribution >= 4 is 21.6 Å². The zero-order chi connectivity index (χ0) is 18.7. The van der Waals surface area contributed by atoms with Gasteiger partial charge in [0.15, 0.2) is 0 Å². The lowest BCUT2D eigenvalue weighted by atomic mass is 10.0. The van der Waals surface area contributed by atoms with E-state index in [4.69, 9.17) is 0 Å². The van der Waals surface area contributed by atoms with Crippen LogP contribution in [0.2, 0.25) is 0 Å². The third-order valence-corrected chi connectivity index (χ3v) is 6.80. The van der Waals surface area contributed by atoms with Crippen LogP contribution in [0.4, 0.5) is 5.69 Å². The Morgan fingerprint density at radius 2 is 1.65 bits per heavy atom. The molecule has 0 aliphatic carbocycles. The highest BCUT2D eigenvalue weighted by Gasteiger charge is 2.27. The summed E-state index contributed by atoms with van der Waals surface area (Å²) in [5.74, 6) is 0.365. The summed E-state index contributed by atoms with van der Waals surface area (Å²) in [6.07, 6.45) is 1.79. The maximum Gasteiger partial charge on any atom is 0.255 e. The van der Waals surface area contributed by atoms with Crippen LogP contribution in [-0.2, 0) is 10.0 Å². The normalized spacial score (nSPS) is 16.4. The molecular weight excluding hydrogens is 348 g/mol. The van der Waals surface area contributed by atoms with Gasteiger partial charge in [0.05, 0.1) is 4.90 Å². The zero-order valence-corrected chi connectivity index (χ0v) is 15.9. The summed E-state index contributed by atoms with van der Waals surface area (Å²) in [5.41, 5.74) is 2.07. The molecule has 1 amide bonds. The fourth-order valence-corrected chi connectivity index (χ4v) is 4.58. The van der Waals surface area contributed by atoms with Gasteiger partial charge < -0.3 is 5.32 Å². The number of carbonyl (C=O) groups is 1. The fraction of sp³-hybridized carbons (Fsp3) is 0.350. The summed E-state index contributed by atoms with van der Waals surface area (Å²) in [5, 5.41) is 2.82. The van der Waals surface area contributed by atoms with Crippen LogP contribution in [0.15, 0.2) is 53.4 Å². The molecule has 1 fully saturated rings. The molecular formula is C20H24N2O3S. The number of hydrogen-bond donors (Lipinski definition) is 1. The lowest BCUT2D eigenvalue weighted by molar-refractivity contribution is 0.102. The van der Waals surface area contributed by atoms with Gasteiger partial charge in [-0.15, -0.1) is 0 Å². The van der Waals surface area contributed by atoms with Gasteiger partial charge in [0.1, 0.15) is 0 Å². The number of hydrogen-bond acceptors (Lipinski definition) is 3. The van der Waals surface area contributed by atoms with Crippen LogP contribution in [0, 0.1) is 12.8 Å². The molecule has 2 aromatic rings. The van der Waals surface area contributed by atoms with Gasteiger partial charge in [-0.1, -0.05) is 25.1 Å². The molecule has 0 spiro atoms. The number of piperidine rings is 1. The Kier molecular flexibility index (Phi) is 5.44. The number of rotatable bonds is 4. The van der Waals surface area contributed by atoms with Crippen molar-refractivity contribution in [3.05, 3.63) is 59.7 Å². The number of amides is 1. The summed E-state index contributed by atoms with van der Waals surface area (Å²) in [4.78, 5) is 12.6. The molecule has 1 aliphatic rings. The van der Waals surface area contributed by atoms with Crippen LogP contribution >= 0.6 is 0 Å². The van der Waals surface area contributed by atoms with Gasteiger partial charge >= 0.3 is 0 Å². The molecule has 26 heavy (non-hydrogen) atoms. The van der Waals surface area contributed by atoms with E-state index in [0.29, 0.717) is 30.3 Å². The van der Waals surface area contributed by atoms with Crippen LogP contribution < -0.4 is 5.32 Å². The first-order valence-electron chi connectivity index (χ1n) is 8.85. The largest absolute Gasteiger partial charge is 0.322 e. The summed E-state index contributed by atoms with van der Waals surface area (Å²) >= 11 is 0. The molecule has 0 aromatic heterocycles. The van der Waals surface area contributed by atoms with Crippen molar-refractivity contribution < 1.29 is 13.2 Å². The zero-order valence-electron chi connectivity index (χ0n) is 15.1. The molecule has 0 bridgehead atoms. The number of nitrogens with zero attached hydrogens (tertiary/aromatic N) is 1. The molecule has 5 nitrogen and oxygen atoms in total. The monoisotopic (exact) mass is 372 g/mol. The van der Waals surface area contributed by atoms with E-state index in [1.54, 1.807) is 34.6 Å². The average Bonchev–Trinajstić information content (AvgIpc) is 2.63. The first-order valence-corrected chi connectivity index (χ1v) is 10.3. The molecule has 0 atom stereocenters. The van der Waals surface area contributed by atoms with Crippen molar-refractivity contribution in [3.8, 4) is 0 Å². The molecule has 0 unspecified atom stereocenters. The topological polar surface area (TPSA) is 66.5 Å². The third-order valence-electron chi connectivity index (χ3n) is 4.88. The first-order chi connectivity index (χ1) is 12.4. The van der Waals surface area contributed by atoms with Gasteiger partial charge in [-0.2, -0.15) is 4.31 Å². The Balaban J connectivity index is 1.72. The van der Waals surface area contributed by atoms with Crippen LogP contribution in [0.25, 0.3) is 0 Å². The maximum atomic E-state index is 12.7. The van der Waals surface area contributed by atoms with E-state index in [1.807, 2.05) is 25.1 Å². The number of sulfonamides is 1. The number of aryl methyl sites for hydroxylation is 1. The Bertz CT molecular complexity index is 884. The van der Waals surface area contributed by atoms with E-state index < -0.39 is 10.0 Å². The molecule has 0 radical (unpaired) electrons. The second-order valence-electron chi connectivity index (χ2n) is 6.88. The minimum atomic E-state index is -3.47. The maximum absolute atomic E-state index is 12.7. The van der Waals surface area contributed by atoms with Crippen molar-refractivity contribution in [2.24, 2.45) is 5.92 Å². The van der Waals surface area contributed by atoms with Crippen LogP contribution in [0.1, 0.15) is 35.7 Å². The van der Waals surface area contributed by atoms with Gasteiger partial charge in [0.2, 0.25) is 10.0 Å². The highest BCUT2D eigenvalue weighted by molar-refractivity contribution is 7.89. The van der Waals surface area contributed by atoms with Gasteiger partial charge in [-0.25, -0.2) is 8.42 Å². The predicted molar refractivity (Wildman–Crippen MR) is 103 cm³/mol. The summed E-state index contributed by atoms with van der Waals surface area (Å²) < 4.78 is 27.0. The second kappa shape index (κ2) is 7.60. The van der Waals surface area contributed by atoms with Crippen molar-refractivity contribution in [1.29, 1.82) is 0 Å². The van der Waals surface area contributed by atoms with Crippen LogP contribution in [0.5, 0.6) is 0 Å². The summed E-state index contributed by atoms with van der Waals surface area (Å²) in [6.45, 7) is 5.16. The van der Waals surface area contributed by atoms with Crippen molar-refractivity contribution in [2.45, 2.75) is 31.6 Å². The first kappa shape index (κ1) is 18.6. The molecule has 1 saturated heterocycles. The second-order valence-corrected chi connectivity index (χ2v) is 8.82. The number of carbonyl (C=O) groups excluding carboxylic acids is 1. The number of anilines is 1. The molecule has 138 valence electrons. The SMILES string of the molecule is Cc1ccccc1C(=O)Nc1ccc(S(=O)(=O)N2CCC(C)CC2)cc1. The minimum absolute atomic E-state index is 0.205. The van der Waals surface area contributed by atoms with Crippen LogP contribution in [-0.4, -0.2) is 31.7 Å². The van der Waals surface area contributed by atoms with Gasteiger partial charge in [0, 0.05) is 24.3 Å². The smallest absolute Gasteiger partial charge is 0.255 e. The molecule has 0 saturated carbocycles. The molecule has 1 heterocycles. The highest BCUT2D eigenvalue weighted by atomic mass is 32.2. The Morgan fingerprint density at radius 3 is 2.27 bits per heavy atom. The molecule has 3 rings (SSSR count). The molecule has 1 aliphatic heterocycles. The summed E-state index contributed by atoms with van der Waals surface area (Å²) in [6, 6.07) is 13.7. The van der Waals surface area contributed by atoms with E-state index in [0.717, 1.165) is 18.4 Å². The van der Waals surface area contributed by atoms with E-state index >= 15 is 0 Å². The van der Waals surface area contributed by atoms with Crippen molar-refractivity contribution in [3.63, 3.8) is 0 Å². The van der Waals surface area contributed by atoms with Crippen molar-refractivity contribution in [2.75, 3.05) is 18.4 Å². The number of nitrogens with one attached hydrogen (secondary N) is 1. The van der Waals surface area contributed by atoms with Gasteiger partial charge in [-0.3, -0.25) is 4.79 Å². The van der Waals surface area contributed by atoms with E-state index in [-0.39, 0.29) is 10.8 Å². The highest BCUT2D eigenvalue weighted by Crippen LogP contribution is 2.24. The Morgan fingerprint density at radius 1 is 1.04 bits per heavy atom. The van der Waals surface area contributed by atoms with E-state index in [2.05, 4.69) is 12.2 Å². The third kappa shape index (κ3) is 3.97. The van der Waals surface area contributed by atoms with E-state index in [9.17, 15) is 13.2 Å². The number of benzene rings is 2. The lowest BCUT2D eigenvalue weighted by Gasteiger charge is -2.29. The molecule has 1 N–H and O–H groups in total. The standard InChI is InChI=1S/C20H24N2O3S/c1-15-11-13-22(14-12-15)26(24,25)18-9-7-17(8-10-18)21-20(23)19-6-4-3-5-16(19)2/h3-10,15H,11-14H2,1-2H3,(H,21,23). The molecule has 2 aromatic carbocycles. The fourth-order valence-electron chi connectivity index (χ4n) is 3.11. The van der Waals surface area contributed by atoms with Gasteiger partial charge in [-0.05, 0) is 61.6 Å². The average molecular weight is 372 g/mol. The van der Waals surface area contributed by atoms with Crippen molar-refractivity contribution in [1.82, 2.24) is 4.31 Å². The quantitative estimate of drug-likeness (QED) is 0.890. The summed E-state index contributed by atoms with van der Waals surface area (Å²) in [7, 11) is -3.47. The Labute approximate surface area is 155 Å². The lowest BCUT2D eigenvalue weighted by Crippen LogP contribution is -2.37. The van der Waals surface area contributed by atoms with Crippen LogP contribution in [0.3, 0.4) is 0 Å².